The van der Waals surface area contributed by atoms with Gasteiger partial charge in [0, 0.05) is 58.9 Å². The van der Waals surface area contributed by atoms with Crippen molar-refractivity contribution in [1.29, 1.82) is 0 Å². The van der Waals surface area contributed by atoms with E-state index in [-0.39, 0.29) is 11.3 Å². The molecule has 0 bridgehead atoms. The summed E-state index contributed by atoms with van der Waals surface area (Å²) in [6, 6.07) is 18.6. The van der Waals surface area contributed by atoms with Crippen LogP contribution in [0.2, 0.25) is 0 Å². The summed E-state index contributed by atoms with van der Waals surface area (Å²) in [5, 5.41) is 5.81. The lowest BCUT2D eigenvalue weighted by Crippen LogP contribution is -2.13. The lowest BCUT2D eigenvalue weighted by atomic mass is 10.1. The van der Waals surface area contributed by atoms with E-state index in [0.29, 0.717) is 23.0 Å². The highest BCUT2D eigenvalue weighted by Gasteiger charge is 2.30. The van der Waals surface area contributed by atoms with Crippen LogP contribution >= 0.6 is 0 Å². The summed E-state index contributed by atoms with van der Waals surface area (Å²) >= 11 is 0. The average molecular weight is 527 g/mol. The van der Waals surface area contributed by atoms with Crippen LogP contribution in [0, 0.1) is 6.92 Å². The molecule has 1 amide bonds. The topological polar surface area (TPSA) is 92.7 Å². The summed E-state index contributed by atoms with van der Waals surface area (Å²) in [5.74, 6) is 0.419. The van der Waals surface area contributed by atoms with Crippen LogP contribution in [-0.2, 0) is 6.18 Å². The molecule has 7 nitrogen and oxygen atoms in total. The second kappa shape index (κ2) is 10.7. The van der Waals surface area contributed by atoms with E-state index in [9.17, 15) is 18.0 Å². The first kappa shape index (κ1) is 25.5. The highest BCUT2D eigenvalue weighted by Crippen LogP contribution is 2.31. The van der Waals surface area contributed by atoms with Crippen molar-refractivity contribution < 1.29 is 18.0 Å². The zero-order valence-corrected chi connectivity index (χ0v) is 20.6. The molecular formula is C29H21F3N6O. The summed E-state index contributed by atoms with van der Waals surface area (Å²) in [7, 11) is 0. The second-order valence-electron chi connectivity index (χ2n) is 8.62. The van der Waals surface area contributed by atoms with Gasteiger partial charge in [-0.1, -0.05) is 12.1 Å². The first-order valence-electron chi connectivity index (χ1n) is 11.8. The number of carbonyl (C=O) groups is 1. The van der Waals surface area contributed by atoms with Gasteiger partial charge in [0.2, 0.25) is 0 Å². The van der Waals surface area contributed by atoms with Crippen molar-refractivity contribution in [2.24, 2.45) is 0 Å². The van der Waals surface area contributed by atoms with Gasteiger partial charge in [-0.15, -0.1) is 0 Å². The maximum absolute atomic E-state index is 13.1. The van der Waals surface area contributed by atoms with Crippen LogP contribution in [0.3, 0.4) is 0 Å². The largest absolute Gasteiger partial charge is 0.416 e. The van der Waals surface area contributed by atoms with Gasteiger partial charge in [0.15, 0.2) is 5.82 Å². The van der Waals surface area contributed by atoms with Crippen LogP contribution in [0.5, 0.6) is 0 Å². The van der Waals surface area contributed by atoms with Gasteiger partial charge in [0.05, 0.1) is 11.3 Å². The van der Waals surface area contributed by atoms with Gasteiger partial charge in [0.25, 0.3) is 5.91 Å². The van der Waals surface area contributed by atoms with Gasteiger partial charge in [0.1, 0.15) is 5.82 Å². The summed E-state index contributed by atoms with van der Waals surface area (Å²) in [6.45, 7) is 1.87. The normalized spacial score (nSPS) is 11.2. The SMILES string of the molecule is Cc1ccc(C(=O)Nc2cccc(C(F)(F)F)c2)cc1Nc1cc(-c2ccncc2)nc(-c2ccncc2)n1. The molecule has 2 aromatic carbocycles. The van der Waals surface area contributed by atoms with Crippen molar-refractivity contribution in [2.75, 3.05) is 10.6 Å². The third-order valence-electron chi connectivity index (χ3n) is 5.85. The number of hydrogen-bond donors (Lipinski definition) is 2. The van der Waals surface area contributed by atoms with E-state index >= 15 is 0 Å². The lowest BCUT2D eigenvalue weighted by molar-refractivity contribution is -0.137. The van der Waals surface area contributed by atoms with Gasteiger partial charge in [-0.2, -0.15) is 13.2 Å². The van der Waals surface area contributed by atoms with Crippen molar-refractivity contribution in [1.82, 2.24) is 19.9 Å². The molecule has 194 valence electrons. The number of aromatic nitrogens is 4. The van der Waals surface area contributed by atoms with Gasteiger partial charge in [-0.3, -0.25) is 14.8 Å². The Morgan fingerprint density at radius 2 is 1.49 bits per heavy atom. The molecule has 0 aliphatic rings. The van der Waals surface area contributed by atoms with E-state index in [2.05, 4.69) is 25.6 Å². The zero-order chi connectivity index (χ0) is 27.4. The van der Waals surface area contributed by atoms with Gasteiger partial charge >= 0.3 is 6.18 Å². The maximum atomic E-state index is 13.1. The van der Waals surface area contributed by atoms with Crippen LogP contribution < -0.4 is 10.6 Å². The molecule has 0 unspecified atom stereocenters. The van der Waals surface area contributed by atoms with Crippen molar-refractivity contribution in [3.63, 3.8) is 0 Å². The molecule has 0 saturated heterocycles. The van der Waals surface area contributed by atoms with E-state index in [0.717, 1.165) is 28.8 Å². The number of hydrogen-bond acceptors (Lipinski definition) is 6. The summed E-state index contributed by atoms with van der Waals surface area (Å²) < 4.78 is 39.2. The Balaban J connectivity index is 1.46. The average Bonchev–Trinajstić information content (AvgIpc) is 2.94. The zero-order valence-electron chi connectivity index (χ0n) is 20.6. The molecule has 2 N–H and O–H groups in total. The molecule has 0 fully saturated rings. The van der Waals surface area contributed by atoms with Crippen molar-refractivity contribution in [3.05, 3.63) is 114 Å². The van der Waals surface area contributed by atoms with Gasteiger partial charge in [-0.05, 0) is 67.1 Å². The third-order valence-corrected chi connectivity index (χ3v) is 5.85. The lowest BCUT2D eigenvalue weighted by Gasteiger charge is -2.14. The Morgan fingerprint density at radius 1 is 0.795 bits per heavy atom. The Labute approximate surface area is 221 Å². The number of nitrogens with zero attached hydrogens (tertiary/aromatic N) is 4. The molecule has 0 atom stereocenters. The fourth-order valence-electron chi connectivity index (χ4n) is 3.82. The molecule has 0 aliphatic heterocycles. The standard InChI is InChI=1S/C29H21F3N6O/c1-18-5-6-21(28(39)35-23-4-2-3-22(16-23)29(30,31)32)15-24(18)36-26-17-25(19-7-11-33-12-8-19)37-27(38-26)20-9-13-34-14-10-20/h2-17H,1H3,(H,35,39)(H,36,37,38). The fraction of sp³-hybridized carbons (Fsp3) is 0.0690. The molecule has 0 aliphatic carbocycles. The van der Waals surface area contributed by atoms with Gasteiger partial charge < -0.3 is 10.6 Å². The number of benzene rings is 2. The Kier molecular flexibility index (Phi) is 7.00. The molecule has 5 rings (SSSR count). The molecule has 5 aromatic rings. The minimum absolute atomic E-state index is 0.0460. The Morgan fingerprint density at radius 3 is 2.18 bits per heavy atom. The van der Waals surface area contributed by atoms with Crippen LogP contribution in [0.15, 0.2) is 97.6 Å². The first-order valence-corrected chi connectivity index (χ1v) is 11.8. The smallest absolute Gasteiger partial charge is 0.340 e. The molecule has 10 heteroatoms. The summed E-state index contributed by atoms with van der Waals surface area (Å²) in [4.78, 5) is 30.4. The predicted molar refractivity (Wildman–Crippen MR) is 142 cm³/mol. The van der Waals surface area contributed by atoms with Crippen LogP contribution in [0.4, 0.5) is 30.4 Å². The van der Waals surface area contributed by atoms with Crippen molar-refractivity contribution in [2.45, 2.75) is 13.1 Å². The van der Waals surface area contributed by atoms with E-state index in [1.54, 1.807) is 61.2 Å². The van der Waals surface area contributed by atoms with Crippen molar-refractivity contribution >= 4 is 23.1 Å². The first-order chi connectivity index (χ1) is 18.8. The van der Waals surface area contributed by atoms with Crippen LogP contribution in [-0.4, -0.2) is 25.8 Å². The van der Waals surface area contributed by atoms with E-state index in [1.165, 1.54) is 12.1 Å². The van der Waals surface area contributed by atoms with E-state index in [1.807, 2.05) is 19.1 Å². The maximum Gasteiger partial charge on any atom is 0.416 e. The number of carbonyl (C=O) groups excluding carboxylic acids is 1. The predicted octanol–water partition coefficient (Wildman–Crippen LogP) is 6.92. The number of rotatable bonds is 6. The van der Waals surface area contributed by atoms with Gasteiger partial charge in [-0.25, -0.2) is 9.97 Å². The van der Waals surface area contributed by atoms with Crippen LogP contribution in [0.25, 0.3) is 22.6 Å². The molecule has 0 spiro atoms. The molecule has 39 heavy (non-hydrogen) atoms. The quantitative estimate of drug-likeness (QED) is 0.249. The van der Waals surface area contributed by atoms with Crippen LogP contribution in [0.1, 0.15) is 21.5 Å². The summed E-state index contributed by atoms with van der Waals surface area (Å²) in [5.41, 5.74) is 3.18. The van der Waals surface area contributed by atoms with E-state index < -0.39 is 17.6 Å². The minimum Gasteiger partial charge on any atom is -0.340 e. The molecule has 0 saturated carbocycles. The molecule has 3 aromatic heterocycles. The second-order valence-corrected chi connectivity index (χ2v) is 8.62. The van der Waals surface area contributed by atoms with E-state index in [4.69, 9.17) is 4.98 Å². The number of pyridine rings is 2. The number of nitrogens with one attached hydrogen (secondary N) is 2. The molecular weight excluding hydrogens is 505 g/mol. The third kappa shape index (κ3) is 6.07. The summed E-state index contributed by atoms with van der Waals surface area (Å²) in [6.07, 6.45) is 2.15. The Hall–Kier alpha value is -5.12. The number of amides is 1. The highest BCUT2D eigenvalue weighted by molar-refractivity contribution is 6.05. The minimum atomic E-state index is -4.51. The number of anilines is 3. The van der Waals surface area contributed by atoms with Crippen molar-refractivity contribution in [3.8, 4) is 22.6 Å². The number of alkyl halides is 3. The fourth-order valence-corrected chi connectivity index (χ4v) is 3.82. The molecule has 3 heterocycles. The highest BCUT2D eigenvalue weighted by atomic mass is 19.4. The Bertz CT molecular complexity index is 1570. The monoisotopic (exact) mass is 526 g/mol. The number of halogens is 3. The number of aryl methyl sites for hydroxylation is 1. The molecule has 0 radical (unpaired) electrons.